The van der Waals surface area contributed by atoms with E-state index in [9.17, 15) is 19.2 Å². The molecule has 4 N–H and O–H groups in total. The van der Waals surface area contributed by atoms with Crippen LogP contribution < -0.4 is 16.4 Å². The molecule has 1 rings (SSSR count). The first-order chi connectivity index (χ1) is 10.6. The number of hydrogen-bond acceptors (Lipinski definition) is 4. The Morgan fingerprint density at radius 3 is 2.52 bits per heavy atom. The molecule has 6 nitrogen and oxygen atoms in total. The molecule has 0 radical (unpaired) electrons. The van der Waals surface area contributed by atoms with E-state index in [-0.39, 0.29) is 23.7 Å². The number of carbonyl (C=O) groups excluding carboxylic acids is 2. The molecule has 0 spiro atoms. The van der Waals surface area contributed by atoms with Gasteiger partial charge in [0.15, 0.2) is 0 Å². The van der Waals surface area contributed by atoms with E-state index in [1.807, 2.05) is 13.8 Å². The minimum Gasteiger partial charge on any atom is -0.375 e. The lowest BCUT2D eigenvalue weighted by Gasteiger charge is -2.27. The van der Waals surface area contributed by atoms with Crippen molar-refractivity contribution in [1.82, 2.24) is 5.32 Å². The zero-order chi connectivity index (χ0) is 17.8. The molecular formula is C16H21FN4O2. The molecule has 1 aromatic carbocycles. The highest BCUT2D eigenvalue weighted by Crippen LogP contribution is 2.20. The zero-order valence-electron chi connectivity index (χ0n) is 13.7. The number of nitriles is 1. The predicted molar refractivity (Wildman–Crippen MR) is 85.1 cm³/mol. The van der Waals surface area contributed by atoms with Crippen molar-refractivity contribution < 1.29 is 14.0 Å². The second-order valence-electron chi connectivity index (χ2n) is 5.88. The summed E-state index contributed by atoms with van der Waals surface area (Å²) in [6.45, 7) is 6.65. The molecule has 0 aromatic heterocycles. The third-order valence-corrected chi connectivity index (χ3v) is 3.79. The highest BCUT2D eigenvalue weighted by Gasteiger charge is 2.29. The molecule has 0 aliphatic rings. The van der Waals surface area contributed by atoms with E-state index in [4.69, 9.17) is 5.73 Å². The molecule has 124 valence electrons. The first-order valence-electron chi connectivity index (χ1n) is 7.16. The zero-order valence-corrected chi connectivity index (χ0v) is 13.7. The Labute approximate surface area is 134 Å². The molecule has 0 saturated heterocycles. The average Bonchev–Trinajstić information content (AvgIpc) is 2.47. The molecule has 0 saturated carbocycles. The number of benzene rings is 1. The van der Waals surface area contributed by atoms with Gasteiger partial charge in [-0.25, -0.2) is 4.39 Å². The van der Waals surface area contributed by atoms with E-state index in [1.165, 1.54) is 13.0 Å². The van der Waals surface area contributed by atoms with Crippen molar-refractivity contribution in [3.05, 3.63) is 29.1 Å². The molecule has 2 amide bonds. The summed E-state index contributed by atoms with van der Waals surface area (Å²) in [6.07, 6.45) is 0. The molecule has 0 heterocycles. The van der Waals surface area contributed by atoms with Crippen LogP contribution in [0.15, 0.2) is 12.1 Å². The fourth-order valence-corrected chi connectivity index (χ4v) is 1.84. The second kappa shape index (κ2) is 7.09. The lowest BCUT2D eigenvalue weighted by Crippen LogP contribution is -2.50. The summed E-state index contributed by atoms with van der Waals surface area (Å²) in [5.74, 6) is -1.84. The van der Waals surface area contributed by atoms with Gasteiger partial charge >= 0.3 is 0 Å². The van der Waals surface area contributed by atoms with Gasteiger partial charge in [0.2, 0.25) is 5.91 Å². The number of carbonyl (C=O) groups is 2. The number of nitrogens with zero attached hydrogens (tertiary/aromatic N) is 1. The number of nitrogens with one attached hydrogen (secondary N) is 2. The summed E-state index contributed by atoms with van der Waals surface area (Å²) < 4.78 is 13.5. The molecule has 1 unspecified atom stereocenters. The summed E-state index contributed by atoms with van der Waals surface area (Å²) >= 11 is 0. The monoisotopic (exact) mass is 320 g/mol. The van der Waals surface area contributed by atoms with Crippen molar-refractivity contribution in [3.8, 4) is 6.07 Å². The number of hydrogen-bond donors (Lipinski definition) is 3. The topological polar surface area (TPSA) is 108 Å². The maximum Gasteiger partial charge on any atom is 0.250 e. The Morgan fingerprint density at radius 2 is 2.04 bits per heavy atom. The number of nitrogens with two attached hydrogens (primary N) is 1. The van der Waals surface area contributed by atoms with Crippen LogP contribution in [0.5, 0.6) is 0 Å². The molecule has 0 aliphatic carbocycles. The van der Waals surface area contributed by atoms with E-state index in [1.54, 1.807) is 6.92 Å². The Morgan fingerprint density at radius 1 is 1.43 bits per heavy atom. The third-order valence-electron chi connectivity index (χ3n) is 3.79. The quantitative estimate of drug-likeness (QED) is 0.741. The van der Waals surface area contributed by atoms with Crippen molar-refractivity contribution in [2.75, 3.05) is 11.9 Å². The maximum atomic E-state index is 13.5. The van der Waals surface area contributed by atoms with Gasteiger partial charge in [-0.05, 0) is 37.5 Å². The van der Waals surface area contributed by atoms with Crippen LogP contribution in [0, 0.1) is 30.0 Å². The first-order valence-corrected chi connectivity index (χ1v) is 7.16. The van der Waals surface area contributed by atoms with Gasteiger partial charge in [0.25, 0.3) is 5.91 Å². The Hall–Kier alpha value is -2.62. The predicted octanol–water partition coefficient (Wildman–Crippen LogP) is 1.70. The number of aryl methyl sites for hydroxylation is 1. The van der Waals surface area contributed by atoms with Gasteiger partial charge in [-0.15, -0.1) is 0 Å². The Bertz CT molecular complexity index is 667. The van der Waals surface area contributed by atoms with Crippen molar-refractivity contribution in [2.24, 2.45) is 11.7 Å². The highest BCUT2D eigenvalue weighted by molar-refractivity contribution is 5.99. The lowest BCUT2D eigenvalue weighted by atomic mass is 9.90. The van der Waals surface area contributed by atoms with Crippen LogP contribution in [0.2, 0.25) is 0 Å². The van der Waals surface area contributed by atoms with E-state index >= 15 is 0 Å². The van der Waals surface area contributed by atoms with E-state index in [0.29, 0.717) is 5.56 Å². The van der Waals surface area contributed by atoms with E-state index in [0.717, 1.165) is 6.07 Å². The Kier molecular flexibility index (Phi) is 5.68. The van der Waals surface area contributed by atoms with Gasteiger partial charge < -0.3 is 16.4 Å². The van der Waals surface area contributed by atoms with Crippen molar-refractivity contribution in [1.29, 1.82) is 5.26 Å². The number of amides is 2. The molecule has 1 aromatic rings. The van der Waals surface area contributed by atoms with Crippen LogP contribution in [0.3, 0.4) is 0 Å². The van der Waals surface area contributed by atoms with E-state index < -0.39 is 23.2 Å². The molecule has 1 atom stereocenters. The van der Waals surface area contributed by atoms with Gasteiger partial charge in [-0.3, -0.25) is 9.59 Å². The fraction of sp³-hybridized carbons (Fsp3) is 0.438. The van der Waals surface area contributed by atoms with Crippen LogP contribution in [0.25, 0.3) is 0 Å². The van der Waals surface area contributed by atoms with Gasteiger partial charge in [0, 0.05) is 5.69 Å². The lowest BCUT2D eigenvalue weighted by molar-refractivity contribution is -0.121. The van der Waals surface area contributed by atoms with Crippen molar-refractivity contribution >= 4 is 17.5 Å². The minimum atomic E-state index is -0.996. The molecule has 0 bridgehead atoms. The number of primary amides is 1. The first kappa shape index (κ1) is 18.4. The normalized spacial score (nSPS) is 13.1. The van der Waals surface area contributed by atoms with Crippen molar-refractivity contribution in [3.63, 3.8) is 0 Å². The van der Waals surface area contributed by atoms with Crippen LogP contribution in [-0.4, -0.2) is 23.9 Å². The van der Waals surface area contributed by atoms with Crippen LogP contribution in [-0.2, 0) is 4.79 Å². The number of halogens is 1. The van der Waals surface area contributed by atoms with Crippen LogP contribution >= 0.6 is 0 Å². The van der Waals surface area contributed by atoms with E-state index in [2.05, 4.69) is 16.7 Å². The summed E-state index contributed by atoms with van der Waals surface area (Å²) in [4.78, 5) is 23.4. The largest absolute Gasteiger partial charge is 0.375 e. The van der Waals surface area contributed by atoms with Gasteiger partial charge in [-0.1, -0.05) is 13.8 Å². The fourth-order valence-electron chi connectivity index (χ4n) is 1.84. The maximum absolute atomic E-state index is 13.5. The summed E-state index contributed by atoms with van der Waals surface area (Å²) in [5.41, 5.74) is 4.78. The summed E-state index contributed by atoms with van der Waals surface area (Å²) in [7, 11) is 0. The molecule has 7 heteroatoms. The third kappa shape index (κ3) is 4.42. The molecule has 0 aliphatic heterocycles. The minimum absolute atomic E-state index is 0.0344. The molecular weight excluding hydrogens is 299 g/mol. The summed E-state index contributed by atoms with van der Waals surface area (Å²) in [6, 6.07) is 4.51. The second-order valence-corrected chi connectivity index (χ2v) is 5.88. The number of rotatable bonds is 6. The van der Waals surface area contributed by atoms with Crippen LogP contribution in [0.4, 0.5) is 10.1 Å². The van der Waals surface area contributed by atoms with Crippen molar-refractivity contribution in [2.45, 2.75) is 33.2 Å². The van der Waals surface area contributed by atoms with Gasteiger partial charge in [0.1, 0.15) is 11.4 Å². The average molecular weight is 320 g/mol. The molecule has 0 fully saturated rings. The Balaban J connectivity index is 2.87. The van der Waals surface area contributed by atoms with Gasteiger partial charge in [-0.2, -0.15) is 5.26 Å². The highest BCUT2D eigenvalue weighted by atomic mass is 19.1. The van der Waals surface area contributed by atoms with Gasteiger partial charge in [0.05, 0.1) is 18.2 Å². The number of anilines is 1. The SMILES string of the molecule is Cc1cc(NCC(=O)NC(C)(C#N)C(C)C)c(C(N)=O)cc1F. The standard InChI is InChI=1S/C16H21FN4O2/c1-9(2)16(4,8-18)21-14(22)7-20-13-5-10(3)12(17)6-11(13)15(19)23/h5-6,9,20H,7H2,1-4H3,(H2,19,23)(H,21,22). The molecule has 23 heavy (non-hydrogen) atoms. The van der Waals surface area contributed by atoms with Crippen LogP contribution in [0.1, 0.15) is 36.7 Å². The summed E-state index contributed by atoms with van der Waals surface area (Å²) in [5, 5.41) is 14.6. The smallest absolute Gasteiger partial charge is 0.250 e.